The molecular weight excluding hydrogens is 242 g/mol. The number of aliphatic hydroxyl groups excluding tert-OH is 1. The molecule has 0 spiro atoms. The number of furan rings is 1. The van der Waals surface area contributed by atoms with Crippen LogP contribution in [0.2, 0.25) is 0 Å². The Hall–Kier alpha value is -1.78. The van der Waals surface area contributed by atoms with E-state index in [1.165, 1.54) is 0 Å². The van der Waals surface area contributed by atoms with Crippen molar-refractivity contribution < 1.29 is 14.3 Å². The zero-order chi connectivity index (χ0) is 13.7. The maximum absolute atomic E-state index is 8.86. The van der Waals surface area contributed by atoms with Gasteiger partial charge >= 0.3 is 0 Å². The fourth-order valence-corrected chi connectivity index (χ4v) is 1.88. The largest absolute Gasteiger partial charge is 0.481 e. The molecule has 1 heterocycles. The first-order chi connectivity index (χ1) is 9.22. The van der Waals surface area contributed by atoms with Crippen LogP contribution in [0.4, 0.5) is 0 Å². The van der Waals surface area contributed by atoms with Gasteiger partial charge in [-0.25, -0.2) is 0 Å². The number of benzene rings is 1. The van der Waals surface area contributed by atoms with E-state index in [0.29, 0.717) is 13.0 Å². The Labute approximate surface area is 112 Å². The molecule has 0 fully saturated rings. The van der Waals surface area contributed by atoms with Gasteiger partial charge in [-0.2, -0.15) is 0 Å². The summed E-state index contributed by atoms with van der Waals surface area (Å²) in [6.45, 7) is 2.39. The van der Waals surface area contributed by atoms with Gasteiger partial charge in [0.1, 0.15) is 17.3 Å². The first-order valence-electron chi connectivity index (χ1n) is 6.36. The second-order valence-corrected chi connectivity index (χ2v) is 4.41. The number of hydrogen-bond acceptors (Lipinski definition) is 4. The lowest BCUT2D eigenvalue weighted by Gasteiger charge is -2.15. The summed E-state index contributed by atoms with van der Waals surface area (Å²) in [6, 6.07) is 11.4. The van der Waals surface area contributed by atoms with Gasteiger partial charge < -0.3 is 20.0 Å². The second kappa shape index (κ2) is 6.41. The minimum atomic E-state index is -0.280. The molecule has 3 N–H and O–H groups in total. The van der Waals surface area contributed by atoms with Crippen LogP contribution in [-0.4, -0.2) is 18.3 Å². The molecule has 102 valence electrons. The summed E-state index contributed by atoms with van der Waals surface area (Å²) >= 11 is 0. The Morgan fingerprint density at radius 2 is 1.95 bits per heavy atom. The average molecular weight is 261 g/mol. The molecule has 2 aromatic rings. The van der Waals surface area contributed by atoms with Gasteiger partial charge in [-0.15, -0.1) is 0 Å². The number of aryl methyl sites for hydroxylation is 1. The molecule has 0 saturated heterocycles. The van der Waals surface area contributed by atoms with Crippen molar-refractivity contribution in [2.24, 2.45) is 5.73 Å². The Bertz CT molecular complexity index is 504. The molecule has 1 aromatic carbocycles. The number of ether oxygens (including phenoxy) is 1. The molecule has 1 atom stereocenters. The summed E-state index contributed by atoms with van der Waals surface area (Å²) in [7, 11) is 0. The van der Waals surface area contributed by atoms with E-state index < -0.39 is 0 Å². The molecule has 1 unspecified atom stereocenters. The third-order valence-electron chi connectivity index (χ3n) is 2.89. The van der Waals surface area contributed by atoms with Crippen molar-refractivity contribution in [3.8, 4) is 5.75 Å². The van der Waals surface area contributed by atoms with Crippen LogP contribution < -0.4 is 10.5 Å². The Kier molecular flexibility index (Phi) is 4.60. The molecule has 0 saturated carbocycles. The lowest BCUT2D eigenvalue weighted by molar-refractivity contribution is 0.182. The summed E-state index contributed by atoms with van der Waals surface area (Å²) in [5.74, 6) is 2.32. The predicted octanol–water partition coefficient (Wildman–Crippen LogP) is 2.20. The molecule has 2 rings (SSSR count). The smallest absolute Gasteiger partial charge is 0.168 e. The van der Waals surface area contributed by atoms with Crippen molar-refractivity contribution in [1.82, 2.24) is 0 Å². The molecule has 19 heavy (non-hydrogen) atoms. The fourth-order valence-electron chi connectivity index (χ4n) is 1.88. The van der Waals surface area contributed by atoms with Gasteiger partial charge in [0.25, 0.3) is 0 Å². The van der Waals surface area contributed by atoms with Crippen LogP contribution in [0.1, 0.15) is 23.2 Å². The lowest BCUT2D eigenvalue weighted by atomic mass is 10.1. The minimum Gasteiger partial charge on any atom is -0.481 e. The third kappa shape index (κ3) is 3.59. The van der Waals surface area contributed by atoms with Gasteiger partial charge in [0.2, 0.25) is 0 Å². The van der Waals surface area contributed by atoms with E-state index in [0.717, 1.165) is 22.8 Å². The molecule has 0 aliphatic carbocycles. The van der Waals surface area contributed by atoms with Crippen LogP contribution in [0.15, 0.2) is 40.8 Å². The number of hydrogen-bond donors (Lipinski definition) is 2. The van der Waals surface area contributed by atoms with Crippen molar-refractivity contribution in [1.29, 1.82) is 0 Å². The molecule has 4 nitrogen and oxygen atoms in total. The zero-order valence-corrected chi connectivity index (χ0v) is 11.0. The Morgan fingerprint density at radius 3 is 2.47 bits per heavy atom. The SMILES string of the molecule is Cc1ccc(C(CN)Oc2ccc(CCO)cc2)o1. The minimum absolute atomic E-state index is 0.150. The lowest BCUT2D eigenvalue weighted by Crippen LogP contribution is -2.17. The van der Waals surface area contributed by atoms with Crippen LogP contribution in [-0.2, 0) is 6.42 Å². The van der Waals surface area contributed by atoms with E-state index in [2.05, 4.69) is 0 Å². The molecular formula is C15H19NO3. The summed E-state index contributed by atoms with van der Waals surface area (Å²) in [6.07, 6.45) is 0.371. The van der Waals surface area contributed by atoms with Gasteiger partial charge in [-0.3, -0.25) is 0 Å². The van der Waals surface area contributed by atoms with E-state index >= 15 is 0 Å². The van der Waals surface area contributed by atoms with Gasteiger partial charge in [0.15, 0.2) is 6.10 Å². The van der Waals surface area contributed by atoms with Crippen LogP contribution >= 0.6 is 0 Å². The highest BCUT2D eigenvalue weighted by Gasteiger charge is 2.15. The van der Waals surface area contributed by atoms with Gasteiger partial charge in [0, 0.05) is 13.2 Å². The third-order valence-corrected chi connectivity index (χ3v) is 2.89. The van der Waals surface area contributed by atoms with Crippen LogP contribution in [0.5, 0.6) is 5.75 Å². The Balaban J connectivity index is 2.05. The average Bonchev–Trinajstić information content (AvgIpc) is 2.85. The Morgan fingerprint density at radius 1 is 1.21 bits per heavy atom. The van der Waals surface area contributed by atoms with Crippen molar-refractivity contribution in [3.63, 3.8) is 0 Å². The second-order valence-electron chi connectivity index (χ2n) is 4.41. The molecule has 0 radical (unpaired) electrons. The van der Waals surface area contributed by atoms with E-state index in [9.17, 15) is 0 Å². The van der Waals surface area contributed by atoms with Crippen LogP contribution in [0.3, 0.4) is 0 Å². The highest BCUT2D eigenvalue weighted by atomic mass is 16.5. The summed E-state index contributed by atoms with van der Waals surface area (Å²) in [4.78, 5) is 0. The number of aliphatic hydroxyl groups is 1. The van der Waals surface area contributed by atoms with E-state index in [-0.39, 0.29) is 12.7 Å². The van der Waals surface area contributed by atoms with Crippen LogP contribution in [0, 0.1) is 6.92 Å². The predicted molar refractivity (Wildman–Crippen MR) is 73.1 cm³/mol. The maximum Gasteiger partial charge on any atom is 0.168 e. The monoisotopic (exact) mass is 261 g/mol. The standard InChI is InChI=1S/C15H19NO3/c1-11-2-7-14(18-11)15(10-16)19-13-5-3-12(4-6-13)8-9-17/h2-7,15,17H,8-10,16H2,1H3. The topological polar surface area (TPSA) is 68.6 Å². The van der Waals surface area contributed by atoms with Crippen molar-refractivity contribution in [2.75, 3.05) is 13.2 Å². The quantitative estimate of drug-likeness (QED) is 0.836. The van der Waals surface area contributed by atoms with Gasteiger partial charge in [0.05, 0.1) is 0 Å². The fraction of sp³-hybridized carbons (Fsp3) is 0.333. The highest BCUT2D eigenvalue weighted by Crippen LogP contribution is 2.23. The van der Waals surface area contributed by atoms with E-state index in [1.54, 1.807) is 0 Å². The van der Waals surface area contributed by atoms with Crippen LogP contribution in [0.25, 0.3) is 0 Å². The van der Waals surface area contributed by atoms with Gasteiger partial charge in [-0.1, -0.05) is 12.1 Å². The first kappa shape index (κ1) is 13.6. The maximum atomic E-state index is 8.86. The number of rotatable bonds is 6. The van der Waals surface area contributed by atoms with Crippen molar-refractivity contribution >= 4 is 0 Å². The zero-order valence-electron chi connectivity index (χ0n) is 11.0. The molecule has 4 heteroatoms. The van der Waals surface area contributed by atoms with E-state index in [1.807, 2.05) is 43.3 Å². The molecule has 0 aliphatic heterocycles. The normalized spacial score (nSPS) is 12.4. The summed E-state index contributed by atoms with van der Waals surface area (Å²) in [5.41, 5.74) is 6.80. The van der Waals surface area contributed by atoms with Gasteiger partial charge in [-0.05, 0) is 43.2 Å². The molecule has 0 aliphatic rings. The highest BCUT2D eigenvalue weighted by molar-refractivity contribution is 5.28. The molecule has 0 bridgehead atoms. The molecule has 0 amide bonds. The number of nitrogens with two attached hydrogens (primary N) is 1. The summed E-state index contributed by atoms with van der Waals surface area (Å²) < 4.78 is 11.3. The first-order valence-corrected chi connectivity index (χ1v) is 6.36. The summed E-state index contributed by atoms with van der Waals surface area (Å²) in [5, 5.41) is 8.86. The van der Waals surface area contributed by atoms with Crippen molar-refractivity contribution in [3.05, 3.63) is 53.5 Å². The van der Waals surface area contributed by atoms with E-state index in [4.69, 9.17) is 20.0 Å². The van der Waals surface area contributed by atoms with Crippen molar-refractivity contribution in [2.45, 2.75) is 19.4 Å². The molecule has 1 aromatic heterocycles.